The average molecular weight is 279 g/mol. The summed E-state index contributed by atoms with van der Waals surface area (Å²) in [5.41, 5.74) is 0.686. The van der Waals surface area contributed by atoms with Gasteiger partial charge in [-0.1, -0.05) is 25.2 Å². The third kappa shape index (κ3) is 3.57. The quantitative estimate of drug-likeness (QED) is 0.811. The number of aliphatic hydroxyl groups is 1. The number of sulfonamides is 1. The van der Waals surface area contributed by atoms with E-state index < -0.39 is 10.0 Å². The van der Waals surface area contributed by atoms with E-state index in [4.69, 9.17) is 5.11 Å². The molecule has 0 amide bonds. The minimum absolute atomic E-state index is 0.0869. The van der Waals surface area contributed by atoms with Gasteiger partial charge in [0.25, 0.3) is 0 Å². The maximum Gasteiger partial charge on any atom is 0.240 e. The standard InChI is InChI=1S/C14H17NO3S/c1-2-12-10-14(12)15-19(17,18)13-7-5-11(6-8-13)4-3-9-16/h5-8,12,14-16H,2,9-10H2,1H3. The third-order valence-electron chi connectivity index (χ3n) is 3.23. The Morgan fingerprint density at radius 2 is 2.05 bits per heavy atom. The smallest absolute Gasteiger partial charge is 0.240 e. The Hall–Kier alpha value is -1.35. The first-order valence-electron chi connectivity index (χ1n) is 6.29. The van der Waals surface area contributed by atoms with E-state index in [0.29, 0.717) is 11.5 Å². The van der Waals surface area contributed by atoms with Crippen LogP contribution in [0.2, 0.25) is 0 Å². The lowest BCUT2D eigenvalue weighted by Gasteiger charge is -2.06. The fourth-order valence-corrected chi connectivity index (χ4v) is 3.29. The molecule has 0 heterocycles. The van der Waals surface area contributed by atoms with Crippen molar-refractivity contribution in [3.05, 3.63) is 29.8 Å². The molecule has 1 fully saturated rings. The Kier molecular flexibility index (Phi) is 4.25. The molecule has 1 aromatic carbocycles. The predicted octanol–water partition coefficient (Wildman–Crippen LogP) is 1.11. The van der Waals surface area contributed by atoms with E-state index in [2.05, 4.69) is 23.5 Å². The fourth-order valence-electron chi connectivity index (χ4n) is 1.97. The molecule has 2 rings (SSSR count). The van der Waals surface area contributed by atoms with Crippen LogP contribution in [-0.4, -0.2) is 26.2 Å². The molecular weight excluding hydrogens is 262 g/mol. The molecule has 1 aromatic rings. The first-order chi connectivity index (χ1) is 9.06. The molecule has 0 radical (unpaired) electrons. The molecule has 0 aromatic heterocycles. The summed E-state index contributed by atoms with van der Waals surface area (Å²) in [6.45, 7) is 1.86. The van der Waals surface area contributed by atoms with Crippen LogP contribution in [0.5, 0.6) is 0 Å². The molecular formula is C14H17NO3S. The second-order valence-corrected chi connectivity index (χ2v) is 6.33. The van der Waals surface area contributed by atoms with Crippen LogP contribution in [0.15, 0.2) is 29.2 Å². The lowest BCUT2D eigenvalue weighted by molar-refractivity contribution is 0.350. The maximum absolute atomic E-state index is 12.1. The minimum atomic E-state index is -3.42. The van der Waals surface area contributed by atoms with Crippen molar-refractivity contribution < 1.29 is 13.5 Å². The highest BCUT2D eigenvalue weighted by atomic mass is 32.2. The highest BCUT2D eigenvalue weighted by molar-refractivity contribution is 7.89. The van der Waals surface area contributed by atoms with Crippen LogP contribution in [-0.2, 0) is 10.0 Å². The van der Waals surface area contributed by atoms with E-state index >= 15 is 0 Å². The van der Waals surface area contributed by atoms with Gasteiger partial charge in [0.05, 0.1) is 4.90 Å². The van der Waals surface area contributed by atoms with Crippen molar-refractivity contribution >= 4 is 10.0 Å². The number of hydrogen-bond donors (Lipinski definition) is 2. The fraction of sp³-hybridized carbons (Fsp3) is 0.429. The zero-order valence-electron chi connectivity index (χ0n) is 10.8. The van der Waals surface area contributed by atoms with Gasteiger partial charge in [-0.3, -0.25) is 0 Å². The Morgan fingerprint density at radius 1 is 1.37 bits per heavy atom. The van der Waals surface area contributed by atoms with Gasteiger partial charge in [0.1, 0.15) is 6.61 Å². The van der Waals surface area contributed by atoms with Crippen LogP contribution >= 0.6 is 0 Å². The Balaban J connectivity index is 2.08. The normalized spacial score (nSPS) is 21.6. The van der Waals surface area contributed by atoms with E-state index in [1.54, 1.807) is 12.1 Å². The SMILES string of the molecule is CCC1CC1NS(=O)(=O)c1ccc(C#CCO)cc1. The Bertz CT molecular complexity index is 596. The summed E-state index contributed by atoms with van der Waals surface area (Å²) in [4.78, 5) is 0.254. The van der Waals surface area contributed by atoms with Crippen molar-refractivity contribution in [1.29, 1.82) is 0 Å². The highest BCUT2D eigenvalue weighted by Crippen LogP contribution is 2.34. The Morgan fingerprint density at radius 3 is 2.58 bits per heavy atom. The Labute approximate surface area is 113 Å². The third-order valence-corrected chi connectivity index (χ3v) is 4.74. The monoisotopic (exact) mass is 279 g/mol. The topological polar surface area (TPSA) is 66.4 Å². The van der Waals surface area contributed by atoms with Gasteiger partial charge in [-0.05, 0) is 36.6 Å². The summed E-state index contributed by atoms with van der Waals surface area (Å²) >= 11 is 0. The van der Waals surface area contributed by atoms with Gasteiger partial charge in [-0.2, -0.15) is 0 Å². The molecule has 0 bridgehead atoms. The van der Waals surface area contributed by atoms with Gasteiger partial charge in [0.2, 0.25) is 10.0 Å². The summed E-state index contributed by atoms with van der Waals surface area (Å²) in [5.74, 6) is 5.72. The lowest BCUT2D eigenvalue weighted by Crippen LogP contribution is -2.27. The van der Waals surface area contributed by atoms with Crippen molar-refractivity contribution in [3.63, 3.8) is 0 Å². The second kappa shape index (κ2) is 5.74. The molecule has 1 saturated carbocycles. The summed E-state index contributed by atoms with van der Waals surface area (Å²) in [5, 5.41) is 8.59. The van der Waals surface area contributed by atoms with E-state index in [1.807, 2.05) is 0 Å². The number of aliphatic hydroxyl groups excluding tert-OH is 1. The zero-order valence-corrected chi connectivity index (χ0v) is 11.6. The summed E-state index contributed by atoms with van der Waals surface area (Å²) in [6, 6.07) is 6.44. The van der Waals surface area contributed by atoms with E-state index in [1.165, 1.54) is 12.1 Å². The molecule has 102 valence electrons. The number of nitrogens with one attached hydrogen (secondary N) is 1. The van der Waals surface area contributed by atoms with E-state index in [0.717, 1.165) is 12.8 Å². The number of benzene rings is 1. The van der Waals surface area contributed by atoms with E-state index in [9.17, 15) is 8.42 Å². The molecule has 1 aliphatic rings. The van der Waals surface area contributed by atoms with Crippen LogP contribution in [0, 0.1) is 17.8 Å². The molecule has 2 unspecified atom stereocenters. The summed E-state index contributed by atoms with van der Waals surface area (Å²) in [7, 11) is -3.42. The molecule has 19 heavy (non-hydrogen) atoms. The van der Waals surface area contributed by atoms with Gasteiger partial charge < -0.3 is 5.11 Å². The van der Waals surface area contributed by atoms with Gasteiger partial charge in [0, 0.05) is 11.6 Å². The minimum Gasteiger partial charge on any atom is -0.384 e. The lowest BCUT2D eigenvalue weighted by atomic mass is 10.2. The average Bonchev–Trinajstić information content (AvgIpc) is 3.14. The van der Waals surface area contributed by atoms with Crippen molar-refractivity contribution in [1.82, 2.24) is 4.72 Å². The molecule has 5 heteroatoms. The van der Waals surface area contributed by atoms with Gasteiger partial charge >= 0.3 is 0 Å². The molecule has 0 saturated heterocycles. The number of hydrogen-bond acceptors (Lipinski definition) is 3. The molecule has 1 aliphatic carbocycles. The van der Waals surface area contributed by atoms with Crippen LogP contribution in [0.3, 0.4) is 0 Å². The van der Waals surface area contributed by atoms with Crippen molar-refractivity contribution in [2.75, 3.05) is 6.61 Å². The van der Waals surface area contributed by atoms with Crippen LogP contribution in [0.1, 0.15) is 25.3 Å². The zero-order chi connectivity index (χ0) is 13.9. The molecule has 2 atom stereocenters. The van der Waals surface area contributed by atoms with Crippen molar-refractivity contribution in [3.8, 4) is 11.8 Å². The number of rotatable bonds is 4. The van der Waals surface area contributed by atoms with Gasteiger partial charge in [0.15, 0.2) is 0 Å². The maximum atomic E-state index is 12.1. The molecule has 2 N–H and O–H groups in total. The first kappa shape index (κ1) is 14.1. The highest BCUT2D eigenvalue weighted by Gasteiger charge is 2.38. The molecule has 4 nitrogen and oxygen atoms in total. The van der Waals surface area contributed by atoms with E-state index in [-0.39, 0.29) is 17.5 Å². The summed E-state index contributed by atoms with van der Waals surface area (Å²) in [6.07, 6.45) is 1.93. The first-order valence-corrected chi connectivity index (χ1v) is 7.77. The van der Waals surface area contributed by atoms with Crippen LogP contribution in [0.4, 0.5) is 0 Å². The van der Waals surface area contributed by atoms with Crippen molar-refractivity contribution in [2.24, 2.45) is 5.92 Å². The molecule has 0 aliphatic heterocycles. The van der Waals surface area contributed by atoms with Crippen molar-refractivity contribution in [2.45, 2.75) is 30.7 Å². The van der Waals surface area contributed by atoms with Crippen LogP contribution < -0.4 is 4.72 Å². The van der Waals surface area contributed by atoms with Gasteiger partial charge in [-0.25, -0.2) is 13.1 Å². The predicted molar refractivity (Wildman–Crippen MR) is 72.9 cm³/mol. The van der Waals surface area contributed by atoms with Gasteiger partial charge in [-0.15, -0.1) is 0 Å². The molecule has 0 spiro atoms. The largest absolute Gasteiger partial charge is 0.384 e. The second-order valence-electron chi connectivity index (χ2n) is 4.62. The van der Waals surface area contributed by atoms with Crippen LogP contribution in [0.25, 0.3) is 0 Å². The summed E-state index contributed by atoms with van der Waals surface area (Å²) < 4.78 is 26.9.